The van der Waals surface area contributed by atoms with Crippen LogP contribution in [0.25, 0.3) is 28.0 Å². The summed E-state index contributed by atoms with van der Waals surface area (Å²) in [5.41, 5.74) is 22.8. The Morgan fingerprint density at radius 2 is 0.984 bits per heavy atom. The van der Waals surface area contributed by atoms with E-state index in [1.807, 2.05) is 0 Å². The average molecular weight is 804 g/mol. The van der Waals surface area contributed by atoms with Crippen LogP contribution in [0, 0.1) is 0 Å². The molecule has 8 aromatic rings. The van der Waals surface area contributed by atoms with Gasteiger partial charge in [0, 0.05) is 23.1 Å². The maximum atomic E-state index is 5.48. The Morgan fingerprint density at radius 3 is 1.71 bits per heavy atom. The molecule has 0 fully saturated rings. The molecule has 8 aromatic carbocycles. The molecule has 3 heteroatoms. The SMILES string of the molecule is C1=C(c2ccc(C3=Nc4ccccc4C4C3=CC=C3C4c4ccccc4C34c3ccccc3-c3ccccc34)cc2)NC(c2ccccc2)N=C1c1ccc(-c2ccccc2)cc1. The fourth-order valence-corrected chi connectivity index (χ4v) is 11.3. The van der Waals surface area contributed by atoms with Gasteiger partial charge >= 0.3 is 0 Å². The predicted molar refractivity (Wildman–Crippen MR) is 258 cm³/mol. The van der Waals surface area contributed by atoms with Crippen LogP contribution in [0.4, 0.5) is 5.69 Å². The molecule has 2 heterocycles. The minimum atomic E-state index is -0.355. The molecule has 3 atom stereocenters. The molecule has 1 N–H and O–H groups in total. The van der Waals surface area contributed by atoms with E-state index in [0.29, 0.717) is 0 Å². The summed E-state index contributed by atoms with van der Waals surface area (Å²) in [6.07, 6.45) is 6.83. The van der Waals surface area contributed by atoms with Gasteiger partial charge in [-0.1, -0.05) is 212 Å². The molecule has 0 aromatic heterocycles. The van der Waals surface area contributed by atoms with Crippen molar-refractivity contribution in [1.82, 2.24) is 5.32 Å². The van der Waals surface area contributed by atoms with Gasteiger partial charge in [0.05, 0.1) is 22.5 Å². The van der Waals surface area contributed by atoms with Gasteiger partial charge in [-0.15, -0.1) is 0 Å². The molecular weight excluding hydrogens is 763 g/mol. The van der Waals surface area contributed by atoms with Crippen LogP contribution in [0.2, 0.25) is 0 Å². The van der Waals surface area contributed by atoms with E-state index in [9.17, 15) is 0 Å². The number of rotatable bonds is 5. The third kappa shape index (κ3) is 5.39. The molecule has 0 amide bonds. The van der Waals surface area contributed by atoms with Crippen LogP contribution in [0.15, 0.2) is 246 Å². The number of nitrogens with one attached hydrogen (secondary N) is 1. The third-order valence-electron chi connectivity index (χ3n) is 14.0. The fraction of sp³-hybridized carbons (Fsp3) is 0.0667. The summed E-state index contributed by atoms with van der Waals surface area (Å²) in [6, 6.07) is 75.0. The van der Waals surface area contributed by atoms with Crippen LogP contribution in [0.5, 0.6) is 0 Å². The monoisotopic (exact) mass is 803 g/mol. The van der Waals surface area contributed by atoms with E-state index in [-0.39, 0.29) is 23.4 Å². The Labute approximate surface area is 367 Å². The minimum absolute atomic E-state index is 0.107. The summed E-state index contributed by atoms with van der Waals surface area (Å²) in [5, 5.41) is 3.78. The molecule has 0 bridgehead atoms. The lowest BCUT2D eigenvalue weighted by Crippen LogP contribution is -2.31. The van der Waals surface area contributed by atoms with Crippen LogP contribution in [-0.2, 0) is 5.41 Å². The lowest BCUT2D eigenvalue weighted by atomic mass is 9.64. The Kier molecular flexibility index (Phi) is 8.01. The zero-order valence-electron chi connectivity index (χ0n) is 34.5. The Bertz CT molecular complexity index is 3250. The summed E-state index contributed by atoms with van der Waals surface area (Å²) >= 11 is 0. The largest absolute Gasteiger partial charge is 0.360 e. The number of fused-ring (bicyclic) bond motifs is 14. The molecule has 0 saturated carbocycles. The van der Waals surface area contributed by atoms with Gasteiger partial charge in [0.2, 0.25) is 0 Å². The molecule has 1 spiro atoms. The lowest BCUT2D eigenvalue weighted by Gasteiger charge is -2.39. The first-order chi connectivity index (χ1) is 31.2. The van der Waals surface area contributed by atoms with Crippen molar-refractivity contribution in [3.63, 3.8) is 0 Å². The lowest BCUT2D eigenvalue weighted by molar-refractivity contribution is 0.640. The highest BCUT2D eigenvalue weighted by molar-refractivity contribution is 6.17. The Hall–Kier alpha value is -7.88. The highest BCUT2D eigenvalue weighted by atomic mass is 15.1. The van der Waals surface area contributed by atoms with Gasteiger partial charge in [0.15, 0.2) is 0 Å². The maximum Gasteiger partial charge on any atom is 0.145 e. The second-order valence-corrected chi connectivity index (χ2v) is 17.2. The van der Waals surface area contributed by atoms with Crippen molar-refractivity contribution in [1.29, 1.82) is 0 Å². The first-order valence-corrected chi connectivity index (χ1v) is 22.0. The van der Waals surface area contributed by atoms with E-state index in [4.69, 9.17) is 9.98 Å². The van der Waals surface area contributed by atoms with Crippen LogP contribution in [-0.4, -0.2) is 11.4 Å². The van der Waals surface area contributed by atoms with E-state index in [2.05, 4.69) is 230 Å². The van der Waals surface area contributed by atoms with Crippen molar-refractivity contribution in [2.45, 2.75) is 23.4 Å². The van der Waals surface area contributed by atoms with E-state index in [0.717, 1.165) is 45.1 Å². The van der Waals surface area contributed by atoms with Crippen molar-refractivity contribution < 1.29 is 0 Å². The summed E-state index contributed by atoms with van der Waals surface area (Å²) in [7, 11) is 0. The zero-order valence-corrected chi connectivity index (χ0v) is 34.5. The molecular formula is C60H41N3. The van der Waals surface area contributed by atoms with Crippen LogP contribution >= 0.6 is 0 Å². The number of hydrogen-bond acceptors (Lipinski definition) is 3. The minimum Gasteiger partial charge on any atom is -0.360 e. The first kappa shape index (κ1) is 35.8. The van der Waals surface area contributed by atoms with Crippen molar-refractivity contribution in [3.8, 4) is 22.3 Å². The van der Waals surface area contributed by atoms with Crippen LogP contribution < -0.4 is 5.32 Å². The van der Waals surface area contributed by atoms with Crippen molar-refractivity contribution >= 4 is 22.8 Å². The van der Waals surface area contributed by atoms with Gasteiger partial charge < -0.3 is 5.32 Å². The second-order valence-electron chi connectivity index (χ2n) is 17.2. The van der Waals surface area contributed by atoms with Crippen LogP contribution in [0.3, 0.4) is 0 Å². The highest BCUT2D eigenvalue weighted by Crippen LogP contribution is 2.68. The summed E-state index contributed by atoms with van der Waals surface area (Å²) < 4.78 is 0. The second kappa shape index (κ2) is 14.1. The molecule has 0 radical (unpaired) electrons. The molecule has 5 aliphatic rings. The Morgan fingerprint density at radius 1 is 0.429 bits per heavy atom. The number of benzene rings is 8. The smallest absolute Gasteiger partial charge is 0.145 e. The Balaban J connectivity index is 0.908. The normalized spacial score (nSPS) is 19.4. The number of para-hydroxylation sites is 1. The molecule has 63 heavy (non-hydrogen) atoms. The molecule has 3 nitrogen and oxygen atoms in total. The van der Waals surface area contributed by atoms with Gasteiger partial charge in [-0.25, -0.2) is 4.99 Å². The predicted octanol–water partition coefficient (Wildman–Crippen LogP) is 13.7. The summed E-state index contributed by atoms with van der Waals surface area (Å²) in [4.78, 5) is 10.7. The molecule has 0 saturated heterocycles. The standard InChI is InChI=1S/C60H41N3/c1-3-15-38(16-4-1)39-27-29-40(30-28-39)54-37-55(63-59(62-54)43-17-5-2-6-18-43)41-31-33-42(34-32-41)58-48-35-36-52-57(56(48)47-22-10-14-26-53(47)61-58)46-21-9-13-25-51(46)60(52)49-23-11-7-19-44(49)45-20-8-12-24-50(45)60/h1-37,56-57,59,63H. The van der Waals surface area contributed by atoms with Gasteiger partial charge in [-0.05, 0) is 90.1 Å². The third-order valence-corrected chi connectivity index (χ3v) is 14.0. The topological polar surface area (TPSA) is 36.8 Å². The van der Waals surface area contributed by atoms with Gasteiger partial charge in [-0.3, -0.25) is 4.99 Å². The quantitative estimate of drug-likeness (QED) is 0.185. The highest BCUT2D eigenvalue weighted by Gasteiger charge is 2.58. The maximum absolute atomic E-state index is 5.48. The van der Waals surface area contributed by atoms with Crippen molar-refractivity contribution in [2.24, 2.45) is 9.98 Å². The molecule has 13 rings (SSSR count). The van der Waals surface area contributed by atoms with Crippen molar-refractivity contribution in [2.75, 3.05) is 0 Å². The van der Waals surface area contributed by atoms with Gasteiger partial charge in [0.25, 0.3) is 0 Å². The number of allylic oxidation sites excluding steroid dienone is 5. The zero-order chi connectivity index (χ0) is 41.5. The van der Waals surface area contributed by atoms with E-state index < -0.39 is 0 Å². The number of hydrogen-bond donors (Lipinski definition) is 1. The van der Waals surface area contributed by atoms with Crippen molar-refractivity contribution in [3.05, 3.63) is 286 Å². The van der Waals surface area contributed by atoms with Crippen LogP contribution in [0.1, 0.15) is 68.1 Å². The fourth-order valence-electron chi connectivity index (χ4n) is 11.3. The van der Waals surface area contributed by atoms with E-state index in [1.54, 1.807) is 0 Å². The van der Waals surface area contributed by atoms with Gasteiger partial charge in [0.1, 0.15) is 6.17 Å². The number of aliphatic imine (C=N–C) groups is 2. The number of nitrogens with zero attached hydrogens (tertiary/aromatic N) is 2. The average Bonchev–Trinajstić information content (AvgIpc) is 3.84. The summed E-state index contributed by atoms with van der Waals surface area (Å²) in [6.45, 7) is 0. The first-order valence-electron chi connectivity index (χ1n) is 22.0. The summed E-state index contributed by atoms with van der Waals surface area (Å²) in [5.74, 6) is 0.257. The van der Waals surface area contributed by atoms with E-state index >= 15 is 0 Å². The molecule has 3 unspecified atom stereocenters. The molecule has 2 aliphatic heterocycles. The molecule has 296 valence electrons. The molecule has 3 aliphatic carbocycles. The van der Waals surface area contributed by atoms with Gasteiger partial charge in [-0.2, -0.15) is 0 Å². The van der Waals surface area contributed by atoms with E-state index in [1.165, 1.54) is 61.2 Å².